The molecular weight excluding hydrogens is 368 g/mol. The summed E-state index contributed by atoms with van der Waals surface area (Å²) in [7, 11) is 0. The van der Waals surface area contributed by atoms with Gasteiger partial charge in [-0.05, 0) is 31.5 Å². The number of H-pyrrole nitrogens is 1. The SMILES string of the molecule is CCOc1cc([C@H]2C(C#N)=C(N)Oc3n[nH]c(-c4ccc(C)cc4)c32)ccc1O. The first-order valence-electron chi connectivity index (χ1n) is 9.22. The van der Waals surface area contributed by atoms with Crippen LogP contribution < -0.4 is 15.2 Å². The fourth-order valence-corrected chi connectivity index (χ4v) is 3.50. The van der Waals surface area contributed by atoms with E-state index >= 15 is 0 Å². The number of phenols is 1. The normalized spacial score (nSPS) is 15.4. The Morgan fingerprint density at radius 2 is 2.03 bits per heavy atom. The summed E-state index contributed by atoms with van der Waals surface area (Å²) in [4.78, 5) is 0. The molecule has 2 heterocycles. The third-order valence-corrected chi connectivity index (χ3v) is 4.90. The predicted octanol–water partition coefficient (Wildman–Crippen LogP) is 3.71. The van der Waals surface area contributed by atoms with Crippen molar-refractivity contribution in [1.82, 2.24) is 10.2 Å². The molecule has 4 rings (SSSR count). The lowest BCUT2D eigenvalue weighted by atomic mass is 9.83. The highest BCUT2D eigenvalue weighted by atomic mass is 16.5. The first-order valence-corrected chi connectivity index (χ1v) is 9.22. The zero-order valence-corrected chi connectivity index (χ0v) is 16.1. The molecule has 0 amide bonds. The molecule has 2 aromatic carbocycles. The van der Waals surface area contributed by atoms with Crippen molar-refractivity contribution in [2.24, 2.45) is 5.73 Å². The topological polar surface area (TPSA) is 117 Å². The van der Waals surface area contributed by atoms with Crippen LogP contribution in [0.25, 0.3) is 11.3 Å². The second-order valence-electron chi connectivity index (χ2n) is 6.77. The number of allylic oxidation sites excluding steroid dienone is 1. The van der Waals surface area contributed by atoms with Crippen molar-refractivity contribution in [2.75, 3.05) is 6.61 Å². The van der Waals surface area contributed by atoms with E-state index in [1.54, 1.807) is 18.2 Å². The zero-order chi connectivity index (χ0) is 20.5. The number of nitriles is 1. The van der Waals surface area contributed by atoms with E-state index in [2.05, 4.69) is 16.3 Å². The Balaban J connectivity index is 1.92. The van der Waals surface area contributed by atoms with Gasteiger partial charge in [0.2, 0.25) is 11.8 Å². The van der Waals surface area contributed by atoms with Gasteiger partial charge in [-0.3, -0.25) is 5.10 Å². The largest absolute Gasteiger partial charge is 0.504 e. The van der Waals surface area contributed by atoms with Crippen molar-refractivity contribution in [3.63, 3.8) is 0 Å². The molecule has 7 nitrogen and oxygen atoms in total. The third kappa shape index (κ3) is 3.15. The van der Waals surface area contributed by atoms with E-state index in [1.165, 1.54) is 0 Å². The molecule has 0 bridgehead atoms. The van der Waals surface area contributed by atoms with Crippen LogP contribution in [0.5, 0.6) is 17.4 Å². The molecule has 7 heteroatoms. The minimum absolute atomic E-state index is 0.0120. The number of fused-ring (bicyclic) bond motifs is 1. The van der Waals surface area contributed by atoms with E-state index in [4.69, 9.17) is 15.2 Å². The molecule has 1 aliphatic heterocycles. The summed E-state index contributed by atoms with van der Waals surface area (Å²) in [5.74, 6) is 0.197. The van der Waals surface area contributed by atoms with Gasteiger partial charge >= 0.3 is 0 Å². The standard InChI is InChI=1S/C22H20N4O3/c1-3-28-17-10-14(8-9-16(17)27)18-15(11-23)21(24)29-22-19(18)20(25-26-22)13-6-4-12(2)5-7-13/h4-10,18,27H,3,24H2,1-2H3,(H,25,26)/t18-/m0/s1. The van der Waals surface area contributed by atoms with Gasteiger partial charge in [0.05, 0.1) is 23.8 Å². The summed E-state index contributed by atoms with van der Waals surface area (Å²) in [6, 6.07) is 15.2. The average molecular weight is 388 g/mol. The number of hydrogen-bond donors (Lipinski definition) is 3. The predicted molar refractivity (Wildman–Crippen MR) is 107 cm³/mol. The number of nitrogens with zero attached hydrogens (tertiary/aromatic N) is 2. The summed E-state index contributed by atoms with van der Waals surface area (Å²) in [5.41, 5.74) is 10.6. The Bertz CT molecular complexity index is 1140. The number of aromatic amines is 1. The fourth-order valence-electron chi connectivity index (χ4n) is 3.50. The van der Waals surface area contributed by atoms with E-state index < -0.39 is 5.92 Å². The minimum Gasteiger partial charge on any atom is -0.504 e. The highest BCUT2D eigenvalue weighted by molar-refractivity contribution is 5.71. The monoisotopic (exact) mass is 388 g/mol. The van der Waals surface area contributed by atoms with Gasteiger partial charge in [0.15, 0.2) is 11.5 Å². The molecule has 0 aliphatic carbocycles. The van der Waals surface area contributed by atoms with Crippen LogP contribution in [-0.2, 0) is 0 Å². The van der Waals surface area contributed by atoms with Gasteiger partial charge in [0.1, 0.15) is 11.6 Å². The van der Waals surface area contributed by atoms with Crippen LogP contribution in [0, 0.1) is 18.3 Å². The number of nitrogens with one attached hydrogen (secondary N) is 1. The average Bonchev–Trinajstić information content (AvgIpc) is 3.12. The van der Waals surface area contributed by atoms with E-state index in [-0.39, 0.29) is 17.2 Å². The van der Waals surface area contributed by atoms with Gasteiger partial charge in [0, 0.05) is 5.56 Å². The van der Waals surface area contributed by atoms with E-state index in [9.17, 15) is 10.4 Å². The van der Waals surface area contributed by atoms with Gasteiger partial charge in [0.25, 0.3) is 0 Å². The van der Waals surface area contributed by atoms with Gasteiger partial charge in [-0.15, -0.1) is 5.10 Å². The van der Waals surface area contributed by atoms with Crippen molar-refractivity contribution >= 4 is 0 Å². The van der Waals surface area contributed by atoms with E-state index in [0.29, 0.717) is 23.8 Å². The fraction of sp³-hybridized carbons (Fsp3) is 0.182. The smallest absolute Gasteiger partial charge is 0.244 e. The lowest BCUT2D eigenvalue weighted by Gasteiger charge is -2.24. The maximum Gasteiger partial charge on any atom is 0.244 e. The Morgan fingerprint density at radius 1 is 1.28 bits per heavy atom. The molecule has 0 fully saturated rings. The first kappa shape index (κ1) is 18.4. The van der Waals surface area contributed by atoms with Gasteiger partial charge in [-0.25, -0.2) is 0 Å². The van der Waals surface area contributed by atoms with Crippen LogP contribution >= 0.6 is 0 Å². The Labute approximate surface area is 168 Å². The molecular formula is C22H20N4O3. The van der Waals surface area contributed by atoms with E-state index in [1.807, 2.05) is 38.1 Å². The number of aryl methyl sites for hydroxylation is 1. The summed E-state index contributed by atoms with van der Waals surface area (Å²) in [6.07, 6.45) is 0. The third-order valence-electron chi connectivity index (χ3n) is 4.90. The number of aromatic nitrogens is 2. The molecule has 4 N–H and O–H groups in total. The van der Waals surface area contributed by atoms with Crippen LogP contribution in [0.2, 0.25) is 0 Å². The van der Waals surface area contributed by atoms with Gasteiger partial charge < -0.3 is 20.3 Å². The second-order valence-corrected chi connectivity index (χ2v) is 6.77. The summed E-state index contributed by atoms with van der Waals surface area (Å²) < 4.78 is 11.2. The molecule has 1 aliphatic rings. The molecule has 0 saturated carbocycles. The zero-order valence-electron chi connectivity index (χ0n) is 16.1. The summed E-state index contributed by atoms with van der Waals surface area (Å²) in [6.45, 7) is 4.25. The Hall–Kier alpha value is -3.92. The number of benzene rings is 2. The first-order chi connectivity index (χ1) is 14.0. The van der Waals surface area contributed by atoms with Gasteiger partial charge in [-0.2, -0.15) is 5.26 Å². The Morgan fingerprint density at radius 3 is 2.72 bits per heavy atom. The number of nitrogens with two attached hydrogens (primary N) is 1. The number of aromatic hydroxyl groups is 1. The quantitative estimate of drug-likeness (QED) is 0.627. The van der Waals surface area contributed by atoms with Crippen molar-refractivity contribution in [3.05, 3.63) is 70.6 Å². The molecule has 146 valence electrons. The van der Waals surface area contributed by atoms with Gasteiger partial charge in [-0.1, -0.05) is 35.9 Å². The molecule has 1 aromatic heterocycles. The van der Waals surface area contributed by atoms with Crippen LogP contribution in [0.3, 0.4) is 0 Å². The minimum atomic E-state index is -0.515. The maximum atomic E-state index is 10.1. The molecule has 3 aromatic rings. The van der Waals surface area contributed by atoms with Crippen molar-refractivity contribution in [1.29, 1.82) is 5.26 Å². The van der Waals surface area contributed by atoms with Crippen LogP contribution in [0.4, 0.5) is 0 Å². The molecule has 0 spiro atoms. The number of hydrogen-bond acceptors (Lipinski definition) is 6. The van der Waals surface area contributed by atoms with Crippen molar-refractivity contribution in [2.45, 2.75) is 19.8 Å². The van der Waals surface area contributed by atoms with Crippen molar-refractivity contribution < 1.29 is 14.6 Å². The van der Waals surface area contributed by atoms with E-state index in [0.717, 1.165) is 22.4 Å². The molecule has 0 unspecified atom stereocenters. The second kappa shape index (κ2) is 7.24. The highest BCUT2D eigenvalue weighted by Crippen LogP contribution is 2.46. The maximum absolute atomic E-state index is 10.1. The Kier molecular flexibility index (Phi) is 4.61. The van der Waals surface area contributed by atoms with Crippen LogP contribution in [-0.4, -0.2) is 21.9 Å². The van der Waals surface area contributed by atoms with Crippen LogP contribution in [0.1, 0.15) is 29.5 Å². The molecule has 29 heavy (non-hydrogen) atoms. The van der Waals surface area contributed by atoms with Crippen LogP contribution in [0.15, 0.2) is 53.9 Å². The molecule has 0 saturated heterocycles. The lowest BCUT2D eigenvalue weighted by Crippen LogP contribution is -2.21. The molecule has 1 atom stereocenters. The summed E-state index contributed by atoms with van der Waals surface area (Å²) >= 11 is 0. The lowest BCUT2D eigenvalue weighted by molar-refractivity contribution is 0.317. The summed E-state index contributed by atoms with van der Waals surface area (Å²) in [5, 5.41) is 27.2. The van der Waals surface area contributed by atoms with Crippen molar-refractivity contribution in [3.8, 4) is 34.7 Å². The molecule has 0 radical (unpaired) electrons. The number of ether oxygens (including phenoxy) is 2. The highest BCUT2D eigenvalue weighted by Gasteiger charge is 2.36. The number of phenolic OH excluding ortho intramolecular Hbond substituents is 1. The number of rotatable bonds is 4.